The maximum Gasteiger partial charge on any atom is 0.230 e. The van der Waals surface area contributed by atoms with Gasteiger partial charge in [0.2, 0.25) is 11.9 Å². The van der Waals surface area contributed by atoms with Crippen LogP contribution in [-0.2, 0) is 17.9 Å². The zero-order chi connectivity index (χ0) is 15.1. The van der Waals surface area contributed by atoms with Crippen LogP contribution in [0, 0.1) is 0 Å². The molecular formula is C14H17N5OS. The van der Waals surface area contributed by atoms with Crippen molar-refractivity contribution in [3.63, 3.8) is 0 Å². The molecule has 0 saturated heterocycles. The number of carbonyl (C=O) groups is 1. The molecule has 0 aliphatic heterocycles. The smallest absolute Gasteiger partial charge is 0.230 e. The highest BCUT2D eigenvalue weighted by atomic mass is 32.2. The largest absolute Gasteiger partial charge is 0.368 e. The van der Waals surface area contributed by atoms with E-state index in [-0.39, 0.29) is 11.7 Å². The molecule has 2 rings (SSSR count). The number of hydrogen-bond donors (Lipinski definition) is 2. The summed E-state index contributed by atoms with van der Waals surface area (Å²) in [5.74, 6) is 0.528. The molecule has 0 radical (unpaired) electrons. The van der Waals surface area contributed by atoms with E-state index in [1.807, 2.05) is 30.3 Å². The molecule has 0 spiro atoms. The zero-order valence-corrected chi connectivity index (χ0v) is 12.3. The van der Waals surface area contributed by atoms with Gasteiger partial charge < -0.3 is 11.1 Å². The lowest BCUT2D eigenvalue weighted by Gasteiger charge is -2.06. The summed E-state index contributed by atoms with van der Waals surface area (Å²) < 4.78 is 1.71. The number of aromatic nitrogens is 3. The fourth-order valence-electron chi connectivity index (χ4n) is 1.69. The van der Waals surface area contributed by atoms with Crippen LogP contribution in [0.4, 0.5) is 5.95 Å². The molecule has 3 N–H and O–H groups in total. The molecule has 21 heavy (non-hydrogen) atoms. The summed E-state index contributed by atoms with van der Waals surface area (Å²) in [7, 11) is 0. The van der Waals surface area contributed by atoms with Gasteiger partial charge in [-0.1, -0.05) is 48.2 Å². The summed E-state index contributed by atoms with van der Waals surface area (Å²) in [6.07, 6.45) is 1.71. The van der Waals surface area contributed by atoms with Crippen LogP contribution in [0.5, 0.6) is 0 Å². The molecule has 0 aliphatic carbocycles. The Morgan fingerprint density at radius 2 is 2.14 bits per heavy atom. The molecule has 0 atom stereocenters. The second-order valence-corrected chi connectivity index (χ2v) is 5.23. The Morgan fingerprint density at radius 3 is 2.86 bits per heavy atom. The van der Waals surface area contributed by atoms with Crippen molar-refractivity contribution in [2.45, 2.75) is 18.2 Å². The number of nitrogens with one attached hydrogen (secondary N) is 1. The molecule has 0 bridgehead atoms. The number of carbonyl (C=O) groups excluding carboxylic acids is 1. The van der Waals surface area contributed by atoms with Gasteiger partial charge in [0.05, 0.1) is 5.75 Å². The minimum Gasteiger partial charge on any atom is -0.368 e. The van der Waals surface area contributed by atoms with E-state index in [0.29, 0.717) is 24.2 Å². The monoisotopic (exact) mass is 303 g/mol. The van der Waals surface area contributed by atoms with Gasteiger partial charge in [-0.15, -0.1) is 16.8 Å². The normalized spacial score (nSPS) is 10.3. The van der Waals surface area contributed by atoms with Crippen molar-refractivity contribution in [3.8, 4) is 0 Å². The molecule has 0 saturated carbocycles. The number of rotatable bonds is 7. The summed E-state index contributed by atoms with van der Waals surface area (Å²) in [6, 6.07) is 9.76. The van der Waals surface area contributed by atoms with Gasteiger partial charge in [-0.2, -0.15) is 0 Å². The van der Waals surface area contributed by atoms with E-state index in [9.17, 15) is 4.79 Å². The Kier molecular flexibility index (Phi) is 5.39. The van der Waals surface area contributed by atoms with Gasteiger partial charge in [0, 0.05) is 13.1 Å². The van der Waals surface area contributed by atoms with E-state index >= 15 is 0 Å². The standard InChI is InChI=1S/C14H17N5OS/c1-2-8-19-13(15)17-18-14(19)21-10-12(20)16-9-11-6-4-3-5-7-11/h2-7H,1,8-10H2,(H2,15,17)(H,16,20). The van der Waals surface area contributed by atoms with Gasteiger partial charge in [0.15, 0.2) is 5.16 Å². The lowest BCUT2D eigenvalue weighted by Crippen LogP contribution is -2.24. The van der Waals surface area contributed by atoms with E-state index in [2.05, 4.69) is 22.1 Å². The SMILES string of the molecule is C=CCn1c(N)nnc1SCC(=O)NCc1ccccc1. The van der Waals surface area contributed by atoms with Crippen molar-refractivity contribution in [2.75, 3.05) is 11.5 Å². The first kappa shape index (κ1) is 15.1. The Hall–Kier alpha value is -2.28. The molecule has 1 aromatic heterocycles. The van der Waals surface area contributed by atoms with Crippen LogP contribution < -0.4 is 11.1 Å². The molecular weight excluding hydrogens is 286 g/mol. The summed E-state index contributed by atoms with van der Waals surface area (Å²) >= 11 is 1.30. The molecule has 0 fully saturated rings. The van der Waals surface area contributed by atoms with Gasteiger partial charge in [0.1, 0.15) is 0 Å². The summed E-state index contributed by atoms with van der Waals surface area (Å²) in [6.45, 7) is 4.69. The highest BCUT2D eigenvalue weighted by Crippen LogP contribution is 2.17. The Morgan fingerprint density at radius 1 is 1.38 bits per heavy atom. The average Bonchev–Trinajstić information content (AvgIpc) is 2.85. The average molecular weight is 303 g/mol. The van der Waals surface area contributed by atoms with E-state index in [4.69, 9.17) is 5.73 Å². The molecule has 7 heteroatoms. The number of anilines is 1. The summed E-state index contributed by atoms with van der Waals surface area (Å²) in [4.78, 5) is 11.8. The number of nitrogens with zero attached hydrogens (tertiary/aromatic N) is 3. The Labute approximate surface area is 127 Å². The van der Waals surface area contributed by atoms with Gasteiger partial charge in [0.25, 0.3) is 0 Å². The first-order chi connectivity index (χ1) is 10.2. The van der Waals surface area contributed by atoms with E-state index in [0.717, 1.165) is 5.56 Å². The fourth-order valence-corrected chi connectivity index (χ4v) is 2.47. The highest BCUT2D eigenvalue weighted by Gasteiger charge is 2.11. The van der Waals surface area contributed by atoms with Crippen molar-refractivity contribution in [1.29, 1.82) is 0 Å². The van der Waals surface area contributed by atoms with Crippen LogP contribution in [0.1, 0.15) is 5.56 Å². The maximum absolute atomic E-state index is 11.8. The zero-order valence-electron chi connectivity index (χ0n) is 11.5. The van der Waals surface area contributed by atoms with Gasteiger partial charge in [-0.25, -0.2) is 0 Å². The van der Waals surface area contributed by atoms with Crippen LogP contribution >= 0.6 is 11.8 Å². The van der Waals surface area contributed by atoms with E-state index in [1.165, 1.54) is 11.8 Å². The lowest BCUT2D eigenvalue weighted by molar-refractivity contribution is -0.118. The second-order valence-electron chi connectivity index (χ2n) is 4.29. The number of nitrogen functional groups attached to an aromatic ring is 1. The minimum absolute atomic E-state index is 0.0597. The minimum atomic E-state index is -0.0597. The van der Waals surface area contributed by atoms with E-state index < -0.39 is 0 Å². The van der Waals surface area contributed by atoms with Gasteiger partial charge in [-0.3, -0.25) is 9.36 Å². The second kappa shape index (κ2) is 7.49. The van der Waals surface area contributed by atoms with Gasteiger partial charge >= 0.3 is 0 Å². The first-order valence-corrected chi connectivity index (χ1v) is 7.42. The van der Waals surface area contributed by atoms with Crippen LogP contribution in [0.2, 0.25) is 0 Å². The number of thioether (sulfide) groups is 1. The number of benzene rings is 1. The van der Waals surface area contributed by atoms with Gasteiger partial charge in [-0.05, 0) is 5.56 Å². The third-order valence-electron chi connectivity index (χ3n) is 2.72. The number of allylic oxidation sites excluding steroid dienone is 1. The molecule has 1 aromatic carbocycles. The van der Waals surface area contributed by atoms with Crippen LogP contribution in [-0.4, -0.2) is 26.4 Å². The van der Waals surface area contributed by atoms with Crippen molar-refractivity contribution < 1.29 is 4.79 Å². The molecule has 0 unspecified atom stereocenters. The van der Waals surface area contributed by atoms with Crippen molar-refractivity contribution in [2.24, 2.45) is 0 Å². The number of hydrogen-bond acceptors (Lipinski definition) is 5. The summed E-state index contributed by atoms with van der Waals surface area (Å²) in [5.41, 5.74) is 6.76. The number of amides is 1. The number of nitrogens with two attached hydrogens (primary N) is 1. The van der Waals surface area contributed by atoms with Crippen molar-refractivity contribution >= 4 is 23.6 Å². The molecule has 110 valence electrons. The summed E-state index contributed by atoms with van der Waals surface area (Å²) in [5, 5.41) is 11.2. The fraction of sp³-hybridized carbons (Fsp3) is 0.214. The Bertz CT molecular complexity index is 611. The third kappa shape index (κ3) is 4.35. The molecule has 0 aliphatic rings. The van der Waals surface area contributed by atoms with Crippen LogP contribution in [0.15, 0.2) is 48.1 Å². The molecule has 2 aromatic rings. The van der Waals surface area contributed by atoms with Crippen LogP contribution in [0.25, 0.3) is 0 Å². The highest BCUT2D eigenvalue weighted by molar-refractivity contribution is 7.99. The molecule has 1 heterocycles. The maximum atomic E-state index is 11.8. The molecule has 6 nitrogen and oxygen atoms in total. The lowest BCUT2D eigenvalue weighted by atomic mass is 10.2. The first-order valence-electron chi connectivity index (χ1n) is 6.43. The van der Waals surface area contributed by atoms with E-state index in [1.54, 1.807) is 10.6 Å². The predicted octanol–water partition coefficient (Wildman–Crippen LogP) is 1.45. The van der Waals surface area contributed by atoms with Crippen LogP contribution in [0.3, 0.4) is 0 Å². The Balaban J connectivity index is 1.83. The predicted molar refractivity (Wildman–Crippen MR) is 83.6 cm³/mol. The quantitative estimate of drug-likeness (QED) is 0.597. The molecule has 1 amide bonds. The topological polar surface area (TPSA) is 85.8 Å². The third-order valence-corrected chi connectivity index (χ3v) is 3.69. The van der Waals surface area contributed by atoms with Crippen molar-refractivity contribution in [1.82, 2.24) is 20.1 Å². The van der Waals surface area contributed by atoms with Crippen molar-refractivity contribution in [3.05, 3.63) is 48.6 Å².